The molecule has 0 saturated carbocycles. The predicted octanol–water partition coefficient (Wildman–Crippen LogP) is 1.73. The van der Waals surface area contributed by atoms with Crippen LogP contribution in [-0.2, 0) is 14.3 Å². The van der Waals surface area contributed by atoms with Crippen LogP contribution >= 0.6 is 22.9 Å². The van der Waals surface area contributed by atoms with E-state index in [1.807, 2.05) is 6.92 Å². The lowest BCUT2D eigenvalue weighted by molar-refractivity contribution is -0.118. The normalized spacial score (nSPS) is 14.7. The van der Waals surface area contributed by atoms with E-state index in [4.69, 9.17) is 21.1 Å². The number of hydrogen-bond donors (Lipinski definition) is 0. The molecule has 1 amide bonds. The van der Waals surface area contributed by atoms with E-state index in [-0.39, 0.29) is 11.9 Å². The van der Waals surface area contributed by atoms with Crippen molar-refractivity contribution in [2.24, 2.45) is 0 Å². The van der Waals surface area contributed by atoms with Crippen molar-refractivity contribution in [2.45, 2.75) is 6.92 Å². The van der Waals surface area contributed by atoms with E-state index in [0.29, 0.717) is 48.3 Å². The van der Waals surface area contributed by atoms with Crippen LogP contribution in [0.25, 0.3) is 10.2 Å². The second kappa shape index (κ2) is 8.15. The first-order valence-electron chi connectivity index (χ1n) is 8.12. The highest BCUT2D eigenvalue weighted by Gasteiger charge is 2.25. The van der Waals surface area contributed by atoms with E-state index in [2.05, 4.69) is 14.9 Å². The van der Waals surface area contributed by atoms with Crippen LogP contribution in [0.2, 0.25) is 5.28 Å². The summed E-state index contributed by atoms with van der Waals surface area (Å²) >= 11 is 7.34. The van der Waals surface area contributed by atoms with Gasteiger partial charge >= 0.3 is 5.97 Å². The molecule has 0 aliphatic carbocycles. The summed E-state index contributed by atoms with van der Waals surface area (Å²) < 4.78 is 10.1. The highest BCUT2D eigenvalue weighted by molar-refractivity contribution is 7.20. The standard InChI is InChI=1S/C16H19ClN4O4S/c1-10-11-13(21-5-3-20(9-22)4-6-21)18-16(17)19-14(11)26-12(10)15(23)25-8-7-24-2/h9H,3-8H2,1-2H3. The van der Waals surface area contributed by atoms with Crippen LogP contribution in [-0.4, -0.2) is 73.7 Å². The number of carbonyl (C=O) groups is 2. The number of halogens is 1. The van der Waals surface area contributed by atoms with Gasteiger partial charge in [-0.2, -0.15) is 4.98 Å². The molecule has 26 heavy (non-hydrogen) atoms. The Bertz CT molecular complexity index is 820. The topological polar surface area (TPSA) is 84.9 Å². The Morgan fingerprint density at radius 3 is 2.65 bits per heavy atom. The van der Waals surface area contributed by atoms with Crippen molar-refractivity contribution in [2.75, 3.05) is 51.4 Å². The smallest absolute Gasteiger partial charge is 0.348 e. The molecule has 1 aliphatic heterocycles. The van der Waals surface area contributed by atoms with E-state index in [9.17, 15) is 9.59 Å². The lowest BCUT2D eigenvalue weighted by Gasteiger charge is -2.33. The van der Waals surface area contributed by atoms with Gasteiger partial charge in [-0.1, -0.05) is 0 Å². The Morgan fingerprint density at radius 1 is 1.27 bits per heavy atom. The molecule has 0 atom stereocenters. The van der Waals surface area contributed by atoms with Gasteiger partial charge in [-0.05, 0) is 24.1 Å². The molecule has 140 valence electrons. The number of methoxy groups -OCH3 is 1. The van der Waals surface area contributed by atoms with E-state index in [1.165, 1.54) is 11.3 Å². The number of esters is 1. The molecule has 0 spiro atoms. The minimum Gasteiger partial charge on any atom is -0.459 e. The number of fused-ring (bicyclic) bond motifs is 1. The van der Waals surface area contributed by atoms with Gasteiger partial charge in [0.15, 0.2) is 0 Å². The van der Waals surface area contributed by atoms with Gasteiger partial charge < -0.3 is 19.3 Å². The zero-order valence-corrected chi connectivity index (χ0v) is 16.1. The average Bonchev–Trinajstić information content (AvgIpc) is 2.98. The fourth-order valence-electron chi connectivity index (χ4n) is 2.84. The van der Waals surface area contributed by atoms with Gasteiger partial charge in [-0.3, -0.25) is 4.79 Å². The molecule has 10 heteroatoms. The first-order valence-corrected chi connectivity index (χ1v) is 9.31. The number of aryl methyl sites for hydroxylation is 1. The monoisotopic (exact) mass is 398 g/mol. The average molecular weight is 399 g/mol. The maximum absolute atomic E-state index is 12.4. The van der Waals surface area contributed by atoms with Crippen LogP contribution in [0.4, 0.5) is 5.82 Å². The zero-order chi connectivity index (χ0) is 18.7. The molecule has 0 unspecified atom stereocenters. The SMILES string of the molecule is COCCOC(=O)c1sc2nc(Cl)nc(N3CCN(C=O)CC3)c2c1C. The molecule has 0 bridgehead atoms. The molecule has 1 fully saturated rings. The van der Waals surface area contributed by atoms with Crippen LogP contribution < -0.4 is 4.90 Å². The van der Waals surface area contributed by atoms with Gasteiger partial charge in [0, 0.05) is 33.3 Å². The molecule has 0 N–H and O–H groups in total. The second-order valence-electron chi connectivity index (χ2n) is 5.81. The van der Waals surface area contributed by atoms with Crippen molar-refractivity contribution in [1.82, 2.24) is 14.9 Å². The van der Waals surface area contributed by atoms with Crippen LogP contribution in [0.3, 0.4) is 0 Å². The minimum absolute atomic E-state index is 0.130. The number of carbonyl (C=O) groups excluding carboxylic acids is 2. The summed E-state index contributed by atoms with van der Waals surface area (Å²) in [5.74, 6) is 0.283. The number of rotatable bonds is 6. The molecule has 0 aromatic carbocycles. The van der Waals surface area contributed by atoms with Crippen LogP contribution in [0.1, 0.15) is 15.2 Å². The maximum Gasteiger partial charge on any atom is 0.348 e. The summed E-state index contributed by atoms with van der Waals surface area (Å²) in [5, 5.41) is 0.934. The Morgan fingerprint density at radius 2 is 2.00 bits per heavy atom. The van der Waals surface area contributed by atoms with E-state index in [1.54, 1.807) is 12.0 Å². The van der Waals surface area contributed by atoms with Crippen molar-refractivity contribution in [1.29, 1.82) is 0 Å². The maximum atomic E-state index is 12.4. The summed E-state index contributed by atoms with van der Waals surface area (Å²) in [5.41, 5.74) is 0.775. The molecule has 2 aromatic rings. The first kappa shape index (κ1) is 18.8. The first-order chi connectivity index (χ1) is 12.5. The molecule has 2 aromatic heterocycles. The number of nitrogens with zero attached hydrogens (tertiary/aromatic N) is 4. The number of anilines is 1. The van der Waals surface area contributed by atoms with Crippen LogP contribution in [0.15, 0.2) is 0 Å². The van der Waals surface area contributed by atoms with Crippen molar-refractivity contribution >= 4 is 51.4 Å². The molecule has 1 aliphatic rings. The van der Waals surface area contributed by atoms with Crippen LogP contribution in [0.5, 0.6) is 0 Å². The molecule has 3 heterocycles. The number of aromatic nitrogens is 2. The molecular formula is C16H19ClN4O4S. The third kappa shape index (κ3) is 3.74. The van der Waals surface area contributed by atoms with Crippen molar-refractivity contribution in [3.05, 3.63) is 15.7 Å². The van der Waals surface area contributed by atoms with Crippen LogP contribution in [0, 0.1) is 6.92 Å². The van der Waals surface area contributed by atoms with Crippen molar-refractivity contribution < 1.29 is 19.1 Å². The molecule has 1 saturated heterocycles. The lowest BCUT2D eigenvalue weighted by Crippen LogP contribution is -2.46. The minimum atomic E-state index is -0.407. The van der Waals surface area contributed by atoms with Crippen molar-refractivity contribution in [3.8, 4) is 0 Å². The number of hydrogen-bond acceptors (Lipinski definition) is 8. The lowest BCUT2D eigenvalue weighted by atomic mass is 10.2. The Labute approximate surface area is 159 Å². The third-order valence-electron chi connectivity index (χ3n) is 4.21. The molecule has 8 nitrogen and oxygen atoms in total. The highest BCUT2D eigenvalue weighted by Crippen LogP contribution is 2.36. The van der Waals surface area contributed by atoms with Gasteiger partial charge in [0.25, 0.3) is 0 Å². The summed E-state index contributed by atoms with van der Waals surface area (Å²) in [6.07, 6.45) is 0.851. The number of piperazine rings is 1. The quantitative estimate of drug-likeness (QED) is 0.317. The van der Waals surface area contributed by atoms with Gasteiger partial charge in [-0.25, -0.2) is 9.78 Å². The fourth-order valence-corrected chi connectivity index (χ4v) is 4.12. The second-order valence-corrected chi connectivity index (χ2v) is 7.15. The van der Waals surface area contributed by atoms with Gasteiger partial charge in [0.2, 0.25) is 11.7 Å². The summed E-state index contributed by atoms with van der Waals surface area (Å²) in [6, 6.07) is 0. The van der Waals surface area contributed by atoms with E-state index < -0.39 is 5.97 Å². The fraction of sp³-hybridized carbons (Fsp3) is 0.500. The highest BCUT2D eigenvalue weighted by atomic mass is 35.5. The largest absolute Gasteiger partial charge is 0.459 e. The summed E-state index contributed by atoms with van der Waals surface area (Å²) in [6.45, 7) is 4.90. The Hall–Kier alpha value is -1.97. The summed E-state index contributed by atoms with van der Waals surface area (Å²) in [7, 11) is 1.55. The zero-order valence-electron chi connectivity index (χ0n) is 14.5. The van der Waals surface area contributed by atoms with E-state index >= 15 is 0 Å². The Kier molecular flexibility index (Phi) is 5.90. The number of amides is 1. The van der Waals surface area contributed by atoms with Gasteiger partial charge in [0.05, 0.1) is 12.0 Å². The Balaban J connectivity index is 1.94. The predicted molar refractivity (Wildman–Crippen MR) is 99.2 cm³/mol. The van der Waals surface area contributed by atoms with Gasteiger partial charge in [0.1, 0.15) is 22.1 Å². The number of thiophene rings is 1. The molecule has 0 radical (unpaired) electrons. The van der Waals surface area contributed by atoms with Crippen molar-refractivity contribution in [3.63, 3.8) is 0 Å². The number of ether oxygens (including phenoxy) is 2. The molecular weight excluding hydrogens is 380 g/mol. The third-order valence-corrected chi connectivity index (χ3v) is 5.55. The van der Waals surface area contributed by atoms with Gasteiger partial charge in [-0.15, -0.1) is 11.3 Å². The summed E-state index contributed by atoms with van der Waals surface area (Å²) in [4.78, 5) is 36.8. The molecule has 3 rings (SSSR count). The van der Waals surface area contributed by atoms with E-state index in [0.717, 1.165) is 17.4 Å².